The normalized spacial score (nSPS) is 18.8. The zero-order valence-electron chi connectivity index (χ0n) is 7.89. The number of aryl methyl sites for hydroxylation is 2. The maximum atomic E-state index is 13.4. The summed E-state index contributed by atoms with van der Waals surface area (Å²) in [5, 5.41) is 9.76. The van der Waals surface area contributed by atoms with Crippen molar-refractivity contribution in [3.8, 4) is 0 Å². The van der Waals surface area contributed by atoms with Crippen molar-refractivity contribution in [2.45, 2.75) is 32.3 Å². The molecule has 1 aliphatic carbocycles. The summed E-state index contributed by atoms with van der Waals surface area (Å²) in [6.07, 6.45) is 1.37. The second-order valence-electron chi connectivity index (χ2n) is 3.95. The first kappa shape index (κ1) is 8.70. The Morgan fingerprint density at radius 2 is 1.77 bits per heavy atom. The molecule has 1 N–H and O–H groups in total. The third-order valence-electron chi connectivity index (χ3n) is 2.81. The Labute approximate surface area is 77.2 Å². The van der Waals surface area contributed by atoms with E-state index >= 15 is 0 Å². The van der Waals surface area contributed by atoms with E-state index in [2.05, 4.69) is 0 Å². The molecule has 2 heteroatoms. The van der Waals surface area contributed by atoms with Gasteiger partial charge in [-0.2, -0.15) is 0 Å². The lowest BCUT2D eigenvalue weighted by atomic mass is 10.0. The van der Waals surface area contributed by atoms with Gasteiger partial charge in [0.2, 0.25) is 0 Å². The molecule has 0 amide bonds. The van der Waals surface area contributed by atoms with E-state index in [4.69, 9.17) is 0 Å². The summed E-state index contributed by atoms with van der Waals surface area (Å²) in [6, 6.07) is 3.26. The molecule has 0 radical (unpaired) electrons. The quantitative estimate of drug-likeness (QED) is 0.703. The third kappa shape index (κ3) is 1.35. The van der Waals surface area contributed by atoms with E-state index in [1.54, 1.807) is 6.07 Å². The van der Waals surface area contributed by atoms with Crippen LogP contribution in [0.4, 0.5) is 4.39 Å². The van der Waals surface area contributed by atoms with Gasteiger partial charge in [-0.1, -0.05) is 6.07 Å². The highest BCUT2D eigenvalue weighted by molar-refractivity contribution is 5.36. The Hall–Kier alpha value is -0.890. The van der Waals surface area contributed by atoms with Gasteiger partial charge in [0, 0.05) is 5.56 Å². The smallest absolute Gasteiger partial charge is 0.129 e. The Morgan fingerprint density at radius 1 is 1.23 bits per heavy atom. The predicted octanol–water partition coefficient (Wildman–Crippen LogP) is 2.42. The predicted molar refractivity (Wildman–Crippen MR) is 49.0 cm³/mol. The standard InChI is InChI=1S/C11H13FO/c1-7-5-9(11(13)3-4-11)10(12)6-8(7)2/h5-6,13H,3-4H2,1-2H3. The fourth-order valence-electron chi connectivity index (χ4n) is 1.53. The molecule has 70 valence electrons. The lowest BCUT2D eigenvalue weighted by Gasteiger charge is -2.11. The number of hydrogen-bond acceptors (Lipinski definition) is 1. The van der Waals surface area contributed by atoms with Gasteiger partial charge in [-0.15, -0.1) is 0 Å². The topological polar surface area (TPSA) is 20.2 Å². The molecular weight excluding hydrogens is 167 g/mol. The molecule has 0 aromatic heterocycles. The maximum absolute atomic E-state index is 13.4. The lowest BCUT2D eigenvalue weighted by Crippen LogP contribution is -2.08. The van der Waals surface area contributed by atoms with Crippen molar-refractivity contribution < 1.29 is 9.50 Å². The Bertz CT molecular complexity index is 353. The first-order chi connectivity index (χ1) is 6.03. The average Bonchev–Trinajstić information content (AvgIpc) is 2.77. The minimum Gasteiger partial charge on any atom is -0.385 e. The number of benzene rings is 1. The monoisotopic (exact) mass is 180 g/mol. The zero-order valence-corrected chi connectivity index (χ0v) is 7.89. The molecule has 13 heavy (non-hydrogen) atoms. The van der Waals surface area contributed by atoms with Gasteiger partial charge < -0.3 is 5.11 Å². The Morgan fingerprint density at radius 3 is 2.31 bits per heavy atom. The third-order valence-corrected chi connectivity index (χ3v) is 2.81. The van der Waals surface area contributed by atoms with Crippen LogP contribution < -0.4 is 0 Å². The molecule has 0 atom stereocenters. The van der Waals surface area contributed by atoms with Crippen LogP contribution in [-0.4, -0.2) is 5.11 Å². The first-order valence-corrected chi connectivity index (χ1v) is 4.52. The molecule has 1 nitrogen and oxygen atoms in total. The summed E-state index contributed by atoms with van der Waals surface area (Å²) >= 11 is 0. The van der Waals surface area contributed by atoms with Gasteiger partial charge in [-0.25, -0.2) is 4.39 Å². The van der Waals surface area contributed by atoms with Crippen molar-refractivity contribution >= 4 is 0 Å². The van der Waals surface area contributed by atoms with Gasteiger partial charge >= 0.3 is 0 Å². The summed E-state index contributed by atoms with van der Waals surface area (Å²) in [5.41, 5.74) is 1.58. The zero-order chi connectivity index (χ0) is 9.64. The highest BCUT2D eigenvalue weighted by atomic mass is 19.1. The van der Waals surface area contributed by atoms with E-state index in [9.17, 15) is 9.50 Å². The molecule has 1 aromatic carbocycles. The molecule has 2 rings (SSSR count). The van der Waals surface area contributed by atoms with Crippen LogP contribution in [0.2, 0.25) is 0 Å². The van der Waals surface area contributed by atoms with E-state index < -0.39 is 5.60 Å². The minimum atomic E-state index is -0.859. The van der Waals surface area contributed by atoms with E-state index in [-0.39, 0.29) is 5.82 Å². The summed E-state index contributed by atoms with van der Waals surface area (Å²) < 4.78 is 13.4. The highest BCUT2D eigenvalue weighted by Crippen LogP contribution is 2.46. The van der Waals surface area contributed by atoms with E-state index in [1.807, 2.05) is 13.8 Å². The fourth-order valence-corrected chi connectivity index (χ4v) is 1.53. The molecule has 1 aliphatic rings. The van der Waals surface area contributed by atoms with Crippen LogP contribution in [0.15, 0.2) is 12.1 Å². The van der Waals surface area contributed by atoms with E-state index in [0.29, 0.717) is 18.4 Å². The molecule has 1 saturated carbocycles. The van der Waals surface area contributed by atoms with Gasteiger partial charge in [0.05, 0.1) is 5.60 Å². The fraction of sp³-hybridized carbons (Fsp3) is 0.455. The van der Waals surface area contributed by atoms with Gasteiger partial charge in [0.25, 0.3) is 0 Å². The van der Waals surface area contributed by atoms with Crippen LogP contribution in [0.1, 0.15) is 29.5 Å². The Balaban J connectivity index is 2.52. The van der Waals surface area contributed by atoms with Crippen LogP contribution in [-0.2, 0) is 5.60 Å². The summed E-state index contributed by atoms with van der Waals surface area (Å²) in [4.78, 5) is 0. The van der Waals surface area contributed by atoms with Gasteiger partial charge in [0.1, 0.15) is 5.82 Å². The molecule has 1 aromatic rings. The van der Waals surface area contributed by atoms with Crippen molar-refractivity contribution in [2.75, 3.05) is 0 Å². The van der Waals surface area contributed by atoms with Crippen LogP contribution in [0.25, 0.3) is 0 Å². The van der Waals surface area contributed by atoms with Gasteiger partial charge in [-0.05, 0) is 43.9 Å². The average molecular weight is 180 g/mol. The number of halogens is 1. The summed E-state index contributed by atoms with van der Waals surface area (Å²) in [5.74, 6) is -0.275. The molecule has 0 spiro atoms. The van der Waals surface area contributed by atoms with Crippen LogP contribution in [0, 0.1) is 19.7 Å². The van der Waals surface area contributed by atoms with Crippen molar-refractivity contribution in [1.29, 1.82) is 0 Å². The van der Waals surface area contributed by atoms with Crippen LogP contribution in [0.3, 0.4) is 0 Å². The van der Waals surface area contributed by atoms with Gasteiger partial charge in [-0.3, -0.25) is 0 Å². The van der Waals surface area contributed by atoms with E-state index in [1.165, 1.54) is 6.07 Å². The molecule has 1 fully saturated rings. The largest absolute Gasteiger partial charge is 0.385 e. The lowest BCUT2D eigenvalue weighted by molar-refractivity contribution is 0.146. The summed E-state index contributed by atoms with van der Waals surface area (Å²) in [6.45, 7) is 3.81. The number of hydrogen-bond donors (Lipinski definition) is 1. The van der Waals surface area contributed by atoms with Crippen molar-refractivity contribution in [1.82, 2.24) is 0 Å². The number of rotatable bonds is 1. The van der Waals surface area contributed by atoms with E-state index in [0.717, 1.165) is 11.1 Å². The number of aliphatic hydroxyl groups is 1. The first-order valence-electron chi connectivity index (χ1n) is 4.52. The van der Waals surface area contributed by atoms with Gasteiger partial charge in [0.15, 0.2) is 0 Å². The molecule has 0 aliphatic heterocycles. The molecular formula is C11H13FO. The second-order valence-corrected chi connectivity index (χ2v) is 3.95. The minimum absolute atomic E-state index is 0.275. The highest BCUT2D eigenvalue weighted by Gasteiger charge is 2.44. The van der Waals surface area contributed by atoms with Crippen molar-refractivity contribution in [3.05, 3.63) is 34.6 Å². The SMILES string of the molecule is Cc1cc(F)c(C2(O)CC2)cc1C. The summed E-state index contributed by atoms with van der Waals surface area (Å²) in [7, 11) is 0. The van der Waals surface area contributed by atoms with Crippen LogP contribution >= 0.6 is 0 Å². The second kappa shape index (κ2) is 2.55. The molecule has 0 unspecified atom stereocenters. The van der Waals surface area contributed by atoms with Crippen LogP contribution in [0.5, 0.6) is 0 Å². The molecule has 0 heterocycles. The maximum Gasteiger partial charge on any atom is 0.129 e. The Kier molecular flexibility index (Phi) is 1.70. The van der Waals surface area contributed by atoms with Crippen molar-refractivity contribution in [2.24, 2.45) is 0 Å². The molecule has 0 bridgehead atoms. The molecule has 0 saturated heterocycles. The van der Waals surface area contributed by atoms with Crippen molar-refractivity contribution in [3.63, 3.8) is 0 Å².